The molecule has 6 heteroatoms. The average Bonchev–Trinajstić information content (AvgIpc) is 2.86. The molecule has 2 heterocycles. The van der Waals surface area contributed by atoms with Crippen LogP contribution in [0.5, 0.6) is 0 Å². The van der Waals surface area contributed by atoms with Gasteiger partial charge in [-0.25, -0.2) is 4.98 Å². The summed E-state index contributed by atoms with van der Waals surface area (Å²) in [5.74, 6) is 1.39. The van der Waals surface area contributed by atoms with Crippen LogP contribution in [0.3, 0.4) is 0 Å². The van der Waals surface area contributed by atoms with Crippen LogP contribution in [0.15, 0.2) is 22.1 Å². The summed E-state index contributed by atoms with van der Waals surface area (Å²) in [6.07, 6.45) is 4.31. The zero-order valence-electron chi connectivity index (χ0n) is 8.60. The molecule has 2 rings (SSSR count). The van der Waals surface area contributed by atoms with Crippen LogP contribution in [0.2, 0.25) is 0 Å². The second-order valence-electron chi connectivity index (χ2n) is 3.06. The molecule has 0 spiro atoms. The number of aromatic amines is 1. The normalized spacial score (nSPS) is 12.9. The topological polar surface area (TPSA) is 67.6 Å². The van der Waals surface area contributed by atoms with Gasteiger partial charge in [0.25, 0.3) is 0 Å². The van der Waals surface area contributed by atoms with Crippen molar-refractivity contribution in [2.24, 2.45) is 0 Å². The molecule has 1 N–H and O–H groups in total. The summed E-state index contributed by atoms with van der Waals surface area (Å²) in [6.45, 7) is 4.01. The fourth-order valence-electron chi connectivity index (χ4n) is 1.11. The van der Waals surface area contributed by atoms with Gasteiger partial charge in [0, 0.05) is 18.8 Å². The van der Waals surface area contributed by atoms with Crippen molar-refractivity contribution in [3.8, 4) is 0 Å². The Labute approximate surface area is 91.7 Å². The highest BCUT2D eigenvalue weighted by molar-refractivity contribution is 7.99. The highest BCUT2D eigenvalue weighted by Crippen LogP contribution is 2.31. The minimum absolute atomic E-state index is 0.115. The summed E-state index contributed by atoms with van der Waals surface area (Å²) < 4.78 is 5.14. The van der Waals surface area contributed by atoms with Gasteiger partial charge in [0.05, 0.1) is 5.25 Å². The number of thioether (sulfide) groups is 1. The van der Waals surface area contributed by atoms with Gasteiger partial charge in [-0.15, -0.1) is 0 Å². The first kappa shape index (κ1) is 10.2. The van der Waals surface area contributed by atoms with E-state index in [0.29, 0.717) is 5.89 Å². The van der Waals surface area contributed by atoms with Gasteiger partial charge >= 0.3 is 0 Å². The predicted octanol–water partition coefficient (Wildman–Crippen LogP) is 2.21. The fraction of sp³-hybridized carbons (Fsp3) is 0.444. The van der Waals surface area contributed by atoms with E-state index in [1.54, 1.807) is 24.2 Å². The lowest BCUT2D eigenvalue weighted by atomic mass is 10.4. The van der Waals surface area contributed by atoms with Crippen molar-refractivity contribution in [3.63, 3.8) is 0 Å². The van der Waals surface area contributed by atoms with Crippen LogP contribution in [-0.2, 0) is 6.42 Å². The van der Waals surface area contributed by atoms with Crippen molar-refractivity contribution in [1.29, 1.82) is 0 Å². The summed E-state index contributed by atoms with van der Waals surface area (Å²) >= 11 is 1.56. The molecule has 15 heavy (non-hydrogen) atoms. The van der Waals surface area contributed by atoms with Gasteiger partial charge in [-0.05, 0) is 6.92 Å². The van der Waals surface area contributed by atoms with E-state index in [0.717, 1.165) is 17.4 Å². The van der Waals surface area contributed by atoms with Gasteiger partial charge in [-0.3, -0.25) is 0 Å². The number of rotatable bonds is 4. The van der Waals surface area contributed by atoms with Crippen LogP contribution >= 0.6 is 11.8 Å². The third-order valence-electron chi connectivity index (χ3n) is 1.91. The molecule has 0 bridgehead atoms. The summed E-state index contributed by atoms with van der Waals surface area (Å²) in [5, 5.41) is 4.83. The minimum atomic E-state index is 0.115. The number of H-pyrrole nitrogens is 1. The van der Waals surface area contributed by atoms with Crippen molar-refractivity contribution in [1.82, 2.24) is 20.1 Å². The highest BCUT2D eigenvalue weighted by atomic mass is 32.2. The van der Waals surface area contributed by atoms with E-state index in [9.17, 15) is 0 Å². The van der Waals surface area contributed by atoms with Crippen LogP contribution in [0, 0.1) is 0 Å². The van der Waals surface area contributed by atoms with Crippen LogP contribution in [0.1, 0.15) is 30.8 Å². The molecule has 0 unspecified atom stereocenters. The van der Waals surface area contributed by atoms with Crippen LogP contribution in [-0.4, -0.2) is 20.1 Å². The Morgan fingerprint density at radius 1 is 1.60 bits per heavy atom. The molecular weight excluding hydrogens is 212 g/mol. The Morgan fingerprint density at radius 2 is 2.47 bits per heavy atom. The van der Waals surface area contributed by atoms with E-state index < -0.39 is 0 Å². The zero-order chi connectivity index (χ0) is 10.7. The van der Waals surface area contributed by atoms with Gasteiger partial charge in [0.1, 0.15) is 0 Å². The first-order valence-electron chi connectivity index (χ1n) is 4.78. The third kappa shape index (κ3) is 2.38. The molecule has 0 aliphatic rings. The summed E-state index contributed by atoms with van der Waals surface area (Å²) in [5.41, 5.74) is 0. The molecule has 0 aliphatic heterocycles. The second-order valence-corrected chi connectivity index (χ2v) is 4.39. The first-order chi connectivity index (χ1) is 7.29. The number of aromatic nitrogens is 4. The molecule has 5 nitrogen and oxygen atoms in total. The Bertz CT molecular complexity index is 411. The average molecular weight is 224 g/mol. The Kier molecular flexibility index (Phi) is 3.05. The standard InChI is InChI=1S/C9H12N4OS/c1-3-7-12-8(14-13-7)6(2)15-9-10-4-5-11-9/h4-6H,3H2,1-2H3,(H,10,11)/t6-/m1/s1. The zero-order valence-corrected chi connectivity index (χ0v) is 9.41. The van der Waals surface area contributed by atoms with Crippen LogP contribution in [0.4, 0.5) is 0 Å². The monoisotopic (exact) mass is 224 g/mol. The number of hydrogen-bond donors (Lipinski definition) is 1. The van der Waals surface area contributed by atoms with Gasteiger partial charge in [-0.2, -0.15) is 4.98 Å². The molecule has 0 amide bonds. The van der Waals surface area contributed by atoms with E-state index in [2.05, 4.69) is 20.1 Å². The summed E-state index contributed by atoms with van der Waals surface area (Å²) in [7, 11) is 0. The van der Waals surface area contributed by atoms with Gasteiger partial charge in [0.15, 0.2) is 11.0 Å². The minimum Gasteiger partial charge on any atom is -0.340 e. The maximum Gasteiger partial charge on any atom is 0.239 e. The lowest BCUT2D eigenvalue weighted by Crippen LogP contribution is -1.90. The number of imidazole rings is 1. The number of hydrogen-bond acceptors (Lipinski definition) is 5. The molecule has 2 aromatic rings. The molecule has 0 aliphatic carbocycles. The van der Waals surface area contributed by atoms with E-state index >= 15 is 0 Å². The van der Waals surface area contributed by atoms with E-state index in [1.807, 2.05) is 13.8 Å². The largest absolute Gasteiger partial charge is 0.340 e. The lowest BCUT2D eigenvalue weighted by Gasteiger charge is -2.01. The molecule has 0 aromatic carbocycles. The predicted molar refractivity (Wildman–Crippen MR) is 56.5 cm³/mol. The van der Waals surface area contributed by atoms with Gasteiger partial charge in [-0.1, -0.05) is 23.8 Å². The molecule has 80 valence electrons. The lowest BCUT2D eigenvalue weighted by molar-refractivity contribution is 0.375. The SMILES string of the molecule is CCc1noc([C@@H](C)Sc2ncc[nH]2)n1. The second kappa shape index (κ2) is 4.48. The number of nitrogens with one attached hydrogen (secondary N) is 1. The van der Waals surface area contributed by atoms with E-state index in [1.165, 1.54) is 0 Å². The quantitative estimate of drug-likeness (QED) is 0.806. The smallest absolute Gasteiger partial charge is 0.239 e. The molecule has 2 aromatic heterocycles. The summed E-state index contributed by atoms with van der Waals surface area (Å²) in [6, 6.07) is 0. The van der Waals surface area contributed by atoms with Crippen molar-refractivity contribution in [2.75, 3.05) is 0 Å². The van der Waals surface area contributed by atoms with Crippen molar-refractivity contribution in [2.45, 2.75) is 30.7 Å². The third-order valence-corrected chi connectivity index (χ3v) is 2.91. The van der Waals surface area contributed by atoms with Gasteiger partial charge in [0.2, 0.25) is 5.89 Å². The first-order valence-corrected chi connectivity index (χ1v) is 5.66. The molecule has 0 saturated heterocycles. The molecule has 0 radical (unpaired) electrons. The molecule has 0 fully saturated rings. The molecule has 1 atom stereocenters. The van der Waals surface area contributed by atoms with E-state index in [4.69, 9.17) is 4.52 Å². The van der Waals surface area contributed by atoms with E-state index in [-0.39, 0.29) is 5.25 Å². The number of aryl methyl sites for hydroxylation is 1. The number of nitrogens with zero attached hydrogens (tertiary/aromatic N) is 3. The van der Waals surface area contributed by atoms with Crippen LogP contribution < -0.4 is 0 Å². The maximum absolute atomic E-state index is 5.14. The van der Waals surface area contributed by atoms with Crippen molar-refractivity contribution in [3.05, 3.63) is 24.1 Å². The Hall–Kier alpha value is -1.30. The Balaban J connectivity index is 2.04. The van der Waals surface area contributed by atoms with Crippen molar-refractivity contribution >= 4 is 11.8 Å². The molecular formula is C9H12N4OS. The molecule has 0 saturated carbocycles. The van der Waals surface area contributed by atoms with Gasteiger partial charge < -0.3 is 9.51 Å². The fourth-order valence-corrected chi connectivity index (χ4v) is 1.90. The van der Waals surface area contributed by atoms with Crippen molar-refractivity contribution < 1.29 is 4.52 Å². The summed E-state index contributed by atoms with van der Waals surface area (Å²) in [4.78, 5) is 11.4. The maximum atomic E-state index is 5.14. The Morgan fingerprint density at radius 3 is 3.07 bits per heavy atom. The van der Waals surface area contributed by atoms with Crippen LogP contribution in [0.25, 0.3) is 0 Å². The highest BCUT2D eigenvalue weighted by Gasteiger charge is 2.15.